The molecule has 0 bridgehead atoms. The minimum Gasteiger partial charge on any atom is -0.303 e. The van der Waals surface area contributed by atoms with Crippen LogP contribution in [0.2, 0.25) is 0 Å². The predicted molar refractivity (Wildman–Crippen MR) is 29.8 cm³/mol. The molecule has 1 atom stereocenters. The Hall–Kier alpha value is -0.330. The molecule has 0 amide bonds. The summed E-state index contributed by atoms with van der Waals surface area (Å²) in [4.78, 5) is 10.00. The summed E-state index contributed by atoms with van der Waals surface area (Å²) >= 11 is 0. The van der Waals surface area contributed by atoms with Gasteiger partial charge in [0, 0.05) is 5.41 Å². The summed E-state index contributed by atoms with van der Waals surface area (Å²) in [5, 5.41) is 0. The molecule has 0 aliphatic heterocycles. The summed E-state index contributed by atoms with van der Waals surface area (Å²) in [5.41, 5.74) is -0.347. The molecule has 7 heavy (non-hydrogen) atoms. The number of carbonyl (C=O) groups excluding carboxylic acids is 1. The second-order valence-electron chi connectivity index (χ2n) is 2.13. The molecule has 0 aromatic rings. The third kappa shape index (κ3) is 2.38. The van der Waals surface area contributed by atoms with E-state index in [1.54, 1.807) is 0 Å². The van der Waals surface area contributed by atoms with Crippen molar-refractivity contribution < 1.29 is 4.79 Å². The van der Waals surface area contributed by atoms with Gasteiger partial charge in [-0.15, -0.1) is 0 Å². The molecule has 0 saturated heterocycles. The molecule has 0 aromatic heterocycles. The average molecular weight is 99.2 g/mol. The van der Waals surface area contributed by atoms with Crippen LogP contribution in [0.3, 0.4) is 0 Å². The maximum atomic E-state index is 10.00. The van der Waals surface area contributed by atoms with Crippen LogP contribution in [0.5, 0.6) is 0 Å². The molecule has 0 saturated carbocycles. The Morgan fingerprint density at radius 3 is 2.29 bits per heavy atom. The molecule has 0 spiro atoms. The number of aldehydes is 1. The van der Waals surface area contributed by atoms with Crippen molar-refractivity contribution >= 4 is 6.29 Å². The fourth-order valence-electron chi connectivity index (χ4n) is 0.0833. The monoisotopic (exact) mass is 99.1 g/mol. The Kier molecular flexibility index (Phi) is 2.00. The van der Waals surface area contributed by atoms with E-state index in [4.69, 9.17) is 0 Å². The zero-order chi connectivity index (χ0) is 5.91. The van der Waals surface area contributed by atoms with Crippen molar-refractivity contribution in [2.75, 3.05) is 0 Å². The number of rotatable bonds is 2. The standard InChI is InChI=1S/C6H11O/c1-4-6(2,3)5-7/h5H,2,4H2,1,3H3. The fourth-order valence-corrected chi connectivity index (χ4v) is 0.0833. The van der Waals surface area contributed by atoms with E-state index in [9.17, 15) is 4.79 Å². The molecular weight excluding hydrogens is 88.1 g/mol. The van der Waals surface area contributed by atoms with Gasteiger partial charge in [0.2, 0.25) is 0 Å². The summed E-state index contributed by atoms with van der Waals surface area (Å²) in [6.45, 7) is 7.40. The third-order valence-electron chi connectivity index (χ3n) is 1.09. The van der Waals surface area contributed by atoms with Gasteiger partial charge in [-0.2, -0.15) is 0 Å². The topological polar surface area (TPSA) is 17.1 Å². The van der Waals surface area contributed by atoms with Crippen LogP contribution in [0, 0.1) is 12.3 Å². The Morgan fingerprint density at radius 2 is 2.29 bits per heavy atom. The molecule has 41 valence electrons. The van der Waals surface area contributed by atoms with Gasteiger partial charge >= 0.3 is 0 Å². The summed E-state index contributed by atoms with van der Waals surface area (Å²) in [7, 11) is 0. The second kappa shape index (κ2) is 2.10. The van der Waals surface area contributed by atoms with Crippen LogP contribution >= 0.6 is 0 Å². The maximum absolute atomic E-state index is 10.00. The lowest BCUT2D eigenvalue weighted by Gasteiger charge is -2.10. The van der Waals surface area contributed by atoms with E-state index in [2.05, 4.69) is 6.92 Å². The van der Waals surface area contributed by atoms with Crippen molar-refractivity contribution in [2.24, 2.45) is 5.41 Å². The summed E-state index contributed by atoms with van der Waals surface area (Å²) < 4.78 is 0. The third-order valence-corrected chi connectivity index (χ3v) is 1.09. The van der Waals surface area contributed by atoms with Crippen LogP contribution in [-0.4, -0.2) is 6.29 Å². The maximum Gasteiger partial charge on any atom is 0.125 e. The van der Waals surface area contributed by atoms with Gasteiger partial charge in [0.25, 0.3) is 0 Å². The zero-order valence-electron chi connectivity index (χ0n) is 4.90. The number of hydrogen-bond donors (Lipinski definition) is 0. The van der Waals surface area contributed by atoms with Crippen LogP contribution in [0.15, 0.2) is 0 Å². The highest BCUT2D eigenvalue weighted by atomic mass is 16.1. The normalized spacial score (nSPS) is 11.3. The minimum absolute atomic E-state index is 0.347. The van der Waals surface area contributed by atoms with Crippen LogP contribution in [0.1, 0.15) is 20.3 Å². The minimum atomic E-state index is -0.347. The van der Waals surface area contributed by atoms with Crippen LogP contribution < -0.4 is 0 Å². The molecule has 0 N–H and O–H groups in total. The zero-order valence-corrected chi connectivity index (χ0v) is 4.90. The van der Waals surface area contributed by atoms with Gasteiger partial charge in [-0.05, 0) is 13.3 Å². The molecule has 1 nitrogen and oxygen atoms in total. The second-order valence-corrected chi connectivity index (χ2v) is 2.13. The predicted octanol–water partition coefficient (Wildman–Crippen LogP) is 1.44. The highest BCUT2D eigenvalue weighted by Gasteiger charge is 2.11. The lowest BCUT2D eigenvalue weighted by atomic mass is 9.93. The molecule has 0 aromatic carbocycles. The molecule has 0 aliphatic rings. The Morgan fingerprint density at radius 1 is 1.86 bits per heavy atom. The van der Waals surface area contributed by atoms with Gasteiger partial charge in [0.05, 0.1) is 0 Å². The fraction of sp³-hybridized carbons (Fsp3) is 0.667. The van der Waals surface area contributed by atoms with E-state index < -0.39 is 0 Å². The van der Waals surface area contributed by atoms with Gasteiger partial charge in [0.15, 0.2) is 0 Å². The molecule has 1 radical (unpaired) electrons. The molecule has 0 fully saturated rings. The van der Waals surface area contributed by atoms with Crippen LogP contribution in [0.25, 0.3) is 0 Å². The van der Waals surface area contributed by atoms with Crippen molar-refractivity contribution in [3.8, 4) is 0 Å². The van der Waals surface area contributed by atoms with Crippen molar-refractivity contribution in [2.45, 2.75) is 20.3 Å². The first-order chi connectivity index (χ1) is 3.12. The van der Waals surface area contributed by atoms with E-state index in [1.807, 2.05) is 13.8 Å². The smallest absolute Gasteiger partial charge is 0.125 e. The first-order valence-electron chi connectivity index (χ1n) is 2.44. The molecule has 0 aliphatic carbocycles. The van der Waals surface area contributed by atoms with Crippen molar-refractivity contribution in [1.29, 1.82) is 0 Å². The van der Waals surface area contributed by atoms with Gasteiger partial charge in [-0.25, -0.2) is 0 Å². The average Bonchev–Trinajstić information content (AvgIpc) is 1.68. The Balaban J connectivity index is 3.58. The van der Waals surface area contributed by atoms with Crippen molar-refractivity contribution in [3.63, 3.8) is 0 Å². The highest BCUT2D eigenvalue weighted by Crippen LogP contribution is 2.13. The summed E-state index contributed by atoms with van der Waals surface area (Å²) in [6.07, 6.45) is 1.70. The lowest BCUT2D eigenvalue weighted by Crippen LogP contribution is -2.10. The first kappa shape index (κ1) is 6.67. The van der Waals surface area contributed by atoms with E-state index in [0.29, 0.717) is 0 Å². The van der Waals surface area contributed by atoms with Crippen molar-refractivity contribution in [3.05, 3.63) is 6.92 Å². The van der Waals surface area contributed by atoms with E-state index in [1.165, 1.54) is 0 Å². The number of carbonyl (C=O) groups is 1. The van der Waals surface area contributed by atoms with Gasteiger partial charge in [-0.3, -0.25) is 0 Å². The SMILES string of the molecule is [CH2]C(C)(C=O)CC. The Labute approximate surface area is 44.7 Å². The van der Waals surface area contributed by atoms with Crippen molar-refractivity contribution in [1.82, 2.24) is 0 Å². The summed E-state index contributed by atoms with van der Waals surface area (Å²) in [6, 6.07) is 0. The van der Waals surface area contributed by atoms with Crippen LogP contribution in [0.4, 0.5) is 0 Å². The van der Waals surface area contributed by atoms with E-state index in [0.717, 1.165) is 12.7 Å². The van der Waals surface area contributed by atoms with E-state index >= 15 is 0 Å². The van der Waals surface area contributed by atoms with Gasteiger partial charge in [0.1, 0.15) is 6.29 Å². The highest BCUT2D eigenvalue weighted by molar-refractivity contribution is 5.59. The molecule has 0 heterocycles. The molecule has 0 rings (SSSR count). The number of hydrogen-bond acceptors (Lipinski definition) is 1. The van der Waals surface area contributed by atoms with Crippen LogP contribution in [-0.2, 0) is 4.79 Å². The van der Waals surface area contributed by atoms with Gasteiger partial charge < -0.3 is 4.79 Å². The summed E-state index contributed by atoms with van der Waals surface area (Å²) in [5.74, 6) is 0. The molecule has 1 heteroatoms. The molecule has 1 unspecified atom stereocenters. The quantitative estimate of drug-likeness (QED) is 0.479. The largest absolute Gasteiger partial charge is 0.303 e. The Bertz CT molecular complexity index is 64.6. The lowest BCUT2D eigenvalue weighted by molar-refractivity contribution is -0.113. The van der Waals surface area contributed by atoms with Gasteiger partial charge in [-0.1, -0.05) is 13.8 Å². The first-order valence-corrected chi connectivity index (χ1v) is 2.44. The van der Waals surface area contributed by atoms with E-state index in [-0.39, 0.29) is 5.41 Å². The molecular formula is C6H11O.